The Morgan fingerprint density at radius 3 is 2.47 bits per heavy atom. The second kappa shape index (κ2) is 5.50. The lowest BCUT2D eigenvalue weighted by Gasteiger charge is -2.06. The lowest BCUT2D eigenvalue weighted by molar-refractivity contribution is -0.114. The number of nitrogens with two attached hydrogens (primary N) is 1. The zero-order chi connectivity index (χ0) is 12.8. The highest BCUT2D eigenvalue weighted by molar-refractivity contribution is 5.97. The summed E-state index contributed by atoms with van der Waals surface area (Å²) in [5, 5.41) is 2.53. The summed E-state index contributed by atoms with van der Waals surface area (Å²) in [5.74, 6) is -0.770. The van der Waals surface area contributed by atoms with Crippen LogP contribution >= 0.6 is 0 Å². The Hall–Kier alpha value is -2.57. The molecule has 7 heteroatoms. The fourth-order valence-corrected chi connectivity index (χ4v) is 1.13. The Morgan fingerprint density at radius 2 is 1.88 bits per heavy atom. The predicted octanol–water partition coefficient (Wildman–Crippen LogP) is -0.0419. The SMILES string of the molecule is CC(=O)Nc1cccc(C(=O)NNC(N)=O)c1. The van der Waals surface area contributed by atoms with E-state index in [0.29, 0.717) is 5.69 Å². The summed E-state index contributed by atoms with van der Waals surface area (Å²) in [6, 6.07) is 5.38. The van der Waals surface area contributed by atoms with Gasteiger partial charge in [-0.3, -0.25) is 15.0 Å². The quantitative estimate of drug-likeness (QED) is 0.540. The van der Waals surface area contributed by atoms with Gasteiger partial charge in [-0.2, -0.15) is 0 Å². The number of nitrogens with one attached hydrogen (secondary N) is 3. The van der Waals surface area contributed by atoms with Crippen LogP contribution in [0, 0.1) is 0 Å². The Morgan fingerprint density at radius 1 is 1.18 bits per heavy atom. The van der Waals surface area contributed by atoms with Crippen LogP contribution in [0.25, 0.3) is 0 Å². The van der Waals surface area contributed by atoms with Crippen molar-refractivity contribution in [1.29, 1.82) is 0 Å². The van der Waals surface area contributed by atoms with Gasteiger partial charge >= 0.3 is 6.03 Å². The van der Waals surface area contributed by atoms with Crippen molar-refractivity contribution in [2.75, 3.05) is 5.32 Å². The van der Waals surface area contributed by atoms with Gasteiger partial charge in [0.05, 0.1) is 0 Å². The van der Waals surface area contributed by atoms with E-state index < -0.39 is 11.9 Å². The Kier molecular flexibility index (Phi) is 4.04. The van der Waals surface area contributed by atoms with Crippen LogP contribution < -0.4 is 21.9 Å². The lowest BCUT2D eigenvalue weighted by atomic mass is 10.2. The van der Waals surface area contributed by atoms with E-state index in [0.717, 1.165) is 0 Å². The van der Waals surface area contributed by atoms with E-state index in [1.165, 1.54) is 19.1 Å². The van der Waals surface area contributed by atoms with Crippen LogP contribution in [0.1, 0.15) is 17.3 Å². The molecule has 7 nitrogen and oxygen atoms in total. The van der Waals surface area contributed by atoms with Gasteiger partial charge in [0.2, 0.25) is 5.91 Å². The Bertz CT molecular complexity index is 459. The largest absolute Gasteiger partial charge is 0.350 e. The first-order chi connectivity index (χ1) is 7.99. The molecule has 0 unspecified atom stereocenters. The molecular weight excluding hydrogens is 224 g/mol. The average Bonchev–Trinajstić information content (AvgIpc) is 2.25. The molecule has 5 N–H and O–H groups in total. The molecule has 0 saturated carbocycles. The number of amides is 4. The van der Waals surface area contributed by atoms with Crippen molar-refractivity contribution in [3.63, 3.8) is 0 Å². The molecule has 4 amide bonds. The predicted molar refractivity (Wildman–Crippen MR) is 60.9 cm³/mol. The molecule has 0 saturated heterocycles. The molecule has 0 bridgehead atoms. The molecule has 17 heavy (non-hydrogen) atoms. The van der Waals surface area contributed by atoms with Crippen LogP contribution in [0.2, 0.25) is 0 Å². The van der Waals surface area contributed by atoms with Gasteiger partial charge in [0.25, 0.3) is 5.91 Å². The maximum absolute atomic E-state index is 11.5. The summed E-state index contributed by atoms with van der Waals surface area (Å²) in [7, 11) is 0. The zero-order valence-corrected chi connectivity index (χ0v) is 9.11. The van der Waals surface area contributed by atoms with Crippen LogP contribution in [-0.4, -0.2) is 17.8 Å². The number of urea groups is 1. The van der Waals surface area contributed by atoms with Gasteiger partial charge in [-0.05, 0) is 18.2 Å². The van der Waals surface area contributed by atoms with Crippen LogP contribution in [-0.2, 0) is 4.79 Å². The maximum Gasteiger partial charge on any atom is 0.330 e. The summed E-state index contributed by atoms with van der Waals surface area (Å²) in [4.78, 5) is 32.7. The number of hydrogen-bond acceptors (Lipinski definition) is 3. The molecule has 1 rings (SSSR count). The smallest absolute Gasteiger partial charge is 0.330 e. The fraction of sp³-hybridized carbons (Fsp3) is 0.100. The number of hydrazine groups is 1. The number of benzene rings is 1. The average molecular weight is 236 g/mol. The third-order valence-corrected chi connectivity index (χ3v) is 1.74. The zero-order valence-electron chi connectivity index (χ0n) is 9.11. The van der Waals surface area contributed by atoms with Crippen molar-refractivity contribution >= 4 is 23.5 Å². The molecule has 0 aromatic heterocycles. The second-order valence-corrected chi connectivity index (χ2v) is 3.21. The number of anilines is 1. The standard InChI is InChI=1S/C10H12N4O3/c1-6(15)12-8-4-2-3-7(5-8)9(16)13-14-10(11)17/h2-5H,1H3,(H,12,15)(H,13,16)(H3,11,14,17). The molecule has 0 fully saturated rings. The van der Waals surface area contributed by atoms with Crippen molar-refractivity contribution in [3.05, 3.63) is 29.8 Å². The molecule has 0 aliphatic carbocycles. The molecular formula is C10H12N4O3. The fourth-order valence-electron chi connectivity index (χ4n) is 1.13. The summed E-state index contributed by atoms with van der Waals surface area (Å²) >= 11 is 0. The normalized spacial score (nSPS) is 9.24. The summed E-state index contributed by atoms with van der Waals surface area (Å²) in [5.41, 5.74) is 9.62. The molecule has 0 spiro atoms. The van der Waals surface area contributed by atoms with Crippen LogP contribution in [0.4, 0.5) is 10.5 Å². The van der Waals surface area contributed by atoms with Crippen molar-refractivity contribution in [1.82, 2.24) is 10.9 Å². The van der Waals surface area contributed by atoms with E-state index in [1.54, 1.807) is 12.1 Å². The first kappa shape index (κ1) is 12.5. The Labute approximate surface area is 97.3 Å². The van der Waals surface area contributed by atoms with E-state index in [2.05, 4.69) is 10.7 Å². The molecule has 0 atom stereocenters. The minimum absolute atomic E-state index is 0.238. The van der Waals surface area contributed by atoms with Gasteiger partial charge in [-0.25, -0.2) is 10.2 Å². The maximum atomic E-state index is 11.5. The van der Waals surface area contributed by atoms with Crippen LogP contribution in [0.15, 0.2) is 24.3 Å². The minimum Gasteiger partial charge on any atom is -0.350 e. The van der Waals surface area contributed by atoms with E-state index >= 15 is 0 Å². The summed E-state index contributed by atoms with van der Waals surface area (Å²) in [6.07, 6.45) is 0. The van der Waals surface area contributed by atoms with Gasteiger partial charge < -0.3 is 11.1 Å². The van der Waals surface area contributed by atoms with Crippen molar-refractivity contribution in [3.8, 4) is 0 Å². The minimum atomic E-state index is -0.864. The molecule has 0 aliphatic heterocycles. The topological polar surface area (TPSA) is 113 Å². The van der Waals surface area contributed by atoms with Gasteiger partial charge in [-0.15, -0.1) is 0 Å². The summed E-state index contributed by atoms with van der Waals surface area (Å²) < 4.78 is 0. The number of carbonyl (C=O) groups is 3. The molecule has 1 aromatic carbocycles. The lowest BCUT2D eigenvalue weighted by Crippen LogP contribution is -2.44. The molecule has 0 radical (unpaired) electrons. The number of primary amides is 1. The van der Waals surface area contributed by atoms with Crippen LogP contribution in [0.3, 0.4) is 0 Å². The molecule has 0 heterocycles. The van der Waals surface area contributed by atoms with Gasteiger partial charge in [0.1, 0.15) is 0 Å². The number of carbonyl (C=O) groups excluding carboxylic acids is 3. The van der Waals surface area contributed by atoms with E-state index in [-0.39, 0.29) is 11.5 Å². The highest BCUT2D eigenvalue weighted by Gasteiger charge is 2.06. The van der Waals surface area contributed by atoms with Crippen LogP contribution in [0.5, 0.6) is 0 Å². The number of rotatable bonds is 2. The first-order valence-electron chi connectivity index (χ1n) is 4.72. The summed E-state index contributed by atoms with van der Waals surface area (Å²) in [6.45, 7) is 1.36. The highest BCUT2D eigenvalue weighted by Crippen LogP contribution is 2.10. The second-order valence-electron chi connectivity index (χ2n) is 3.21. The first-order valence-corrected chi connectivity index (χ1v) is 4.72. The highest BCUT2D eigenvalue weighted by atomic mass is 16.2. The molecule has 90 valence electrons. The van der Waals surface area contributed by atoms with E-state index in [4.69, 9.17) is 5.73 Å². The van der Waals surface area contributed by atoms with Gasteiger partial charge in [-0.1, -0.05) is 6.07 Å². The van der Waals surface area contributed by atoms with Crippen molar-refractivity contribution in [2.24, 2.45) is 5.73 Å². The third-order valence-electron chi connectivity index (χ3n) is 1.74. The van der Waals surface area contributed by atoms with E-state index in [1.807, 2.05) is 5.43 Å². The van der Waals surface area contributed by atoms with Gasteiger partial charge in [0.15, 0.2) is 0 Å². The van der Waals surface area contributed by atoms with Crippen molar-refractivity contribution < 1.29 is 14.4 Å². The van der Waals surface area contributed by atoms with Crippen molar-refractivity contribution in [2.45, 2.75) is 6.92 Å². The monoisotopic (exact) mass is 236 g/mol. The number of hydrogen-bond donors (Lipinski definition) is 4. The third kappa shape index (κ3) is 4.20. The molecule has 1 aromatic rings. The van der Waals surface area contributed by atoms with E-state index in [9.17, 15) is 14.4 Å². The molecule has 0 aliphatic rings. The van der Waals surface area contributed by atoms with Gasteiger partial charge in [0, 0.05) is 18.2 Å². The Balaban J connectivity index is 2.73.